The second kappa shape index (κ2) is 14.2. The lowest BCUT2D eigenvalue weighted by Crippen LogP contribution is -2.58. The minimum absolute atomic E-state index is 0.0934. The van der Waals surface area contributed by atoms with Crippen molar-refractivity contribution in [2.24, 2.45) is 11.8 Å². The van der Waals surface area contributed by atoms with Crippen molar-refractivity contribution in [3.05, 3.63) is 125 Å². The Morgan fingerprint density at radius 2 is 1.64 bits per heavy atom. The quantitative estimate of drug-likeness (QED) is 0.293. The van der Waals surface area contributed by atoms with Gasteiger partial charge in [0, 0.05) is 13.0 Å². The maximum atomic E-state index is 15.0. The van der Waals surface area contributed by atoms with Crippen LogP contribution in [0.2, 0.25) is 5.02 Å². The van der Waals surface area contributed by atoms with Crippen molar-refractivity contribution in [3.63, 3.8) is 0 Å². The van der Waals surface area contributed by atoms with Crippen LogP contribution in [-0.4, -0.2) is 77.2 Å². The number of ether oxygens (including phenoxy) is 2. The predicted octanol–water partition coefficient (Wildman–Crippen LogP) is 4.18. The molecule has 3 amide bonds. The van der Waals surface area contributed by atoms with Crippen LogP contribution in [0.1, 0.15) is 30.0 Å². The van der Waals surface area contributed by atoms with E-state index in [0.717, 1.165) is 11.1 Å². The second-order valence-electron chi connectivity index (χ2n) is 13.0. The van der Waals surface area contributed by atoms with E-state index in [1.165, 1.54) is 9.80 Å². The van der Waals surface area contributed by atoms with E-state index in [1.807, 2.05) is 60.7 Å². The molecule has 0 aromatic heterocycles. The predicted molar refractivity (Wildman–Crippen MR) is 186 cm³/mol. The maximum absolute atomic E-state index is 15.0. The third-order valence-corrected chi connectivity index (χ3v) is 10.4. The van der Waals surface area contributed by atoms with Gasteiger partial charge >= 0.3 is 5.97 Å². The van der Waals surface area contributed by atoms with Crippen molar-refractivity contribution in [2.75, 3.05) is 24.7 Å². The number of para-hydroxylation sites is 1. The highest BCUT2D eigenvalue weighted by Crippen LogP contribution is 2.54. The molecule has 11 heteroatoms. The van der Waals surface area contributed by atoms with Gasteiger partial charge in [-0.15, -0.1) is 0 Å². The Morgan fingerprint density at radius 3 is 2.38 bits per heavy atom. The van der Waals surface area contributed by atoms with Crippen molar-refractivity contribution in [2.45, 2.75) is 49.1 Å². The van der Waals surface area contributed by atoms with Crippen molar-refractivity contribution in [1.82, 2.24) is 10.2 Å². The van der Waals surface area contributed by atoms with Crippen molar-refractivity contribution in [3.8, 4) is 0 Å². The van der Waals surface area contributed by atoms with Crippen molar-refractivity contribution in [1.29, 1.82) is 0 Å². The summed E-state index contributed by atoms with van der Waals surface area (Å²) in [6.45, 7) is -0.372. The molecule has 0 saturated carbocycles. The number of esters is 1. The lowest BCUT2D eigenvalue weighted by atomic mass is 9.77. The molecule has 50 heavy (non-hydrogen) atoms. The fourth-order valence-electron chi connectivity index (χ4n) is 7.79. The lowest BCUT2D eigenvalue weighted by molar-refractivity contribution is -0.146. The first kappa shape index (κ1) is 33.7. The van der Waals surface area contributed by atoms with E-state index in [4.69, 9.17) is 21.1 Å². The summed E-state index contributed by atoms with van der Waals surface area (Å²) >= 11 is 6.61. The maximum Gasteiger partial charge on any atom is 0.306 e. The number of carbonyl (C=O) groups is 4. The molecule has 3 aromatic rings. The first-order chi connectivity index (χ1) is 24.3. The fourth-order valence-corrected chi connectivity index (χ4v) is 8.03. The van der Waals surface area contributed by atoms with Gasteiger partial charge in [-0.3, -0.25) is 19.2 Å². The zero-order chi connectivity index (χ0) is 34.8. The molecule has 2 fully saturated rings. The highest BCUT2D eigenvalue weighted by Gasteiger charge is 2.72. The topological polar surface area (TPSA) is 125 Å². The van der Waals surface area contributed by atoms with Crippen LogP contribution in [0.3, 0.4) is 0 Å². The molecular formula is C39H38ClN3O7. The number of rotatable bonds is 6. The molecule has 4 aliphatic heterocycles. The van der Waals surface area contributed by atoms with Crippen LogP contribution in [0.15, 0.2) is 109 Å². The number of carbonyl (C=O) groups excluding carboxylic acids is 4. The number of fused-ring (bicyclic) bond motifs is 2. The standard InChI is InChI=1S/C39H38ClN3O7/c40-28-16-7-8-17-30(28)42-21-11-20-39-34(37(47)43(35(39)38(42)48)27(23-44)22-25-12-3-1-4-13-25)33-31(50-39)18-9-10-19-32(45)49-24-29(41-36(33)46)26-14-5-2-6-15-26/h1-9,11-18,20,27,29,31,33-35,44H,10,19,21-24H2,(H,41,46)/b18-9-/t27-,29-,31+,33-,34-,35+,39-/m1/s1. The van der Waals surface area contributed by atoms with Gasteiger partial charge in [-0.1, -0.05) is 109 Å². The molecule has 1 spiro atoms. The van der Waals surface area contributed by atoms with Crippen LogP contribution in [-0.2, 0) is 35.1 Å². The number of cyclic esters (lactones) is 1. The van der Waals surface area contributed by atoms with E-state index in [-0.39, 0.29) is 26.0 Å². The number of nitrogens with one attached hydrogen (secondary N) is 1. The highest BCUT2D eigenvalue weighted by atomic mass is 35.5. The molecule has 0 bridgehead atoms. The molecule has 258 valence electrons. The van der Waals surface area contributed by atoms with E-state index in [0.29, 0.717) is 17.1 Å². The zero-order valence-electron chi connectivity index (χ0n) is 27.3. The summed E-state index contributed by atoms with van der Waals surface area (Å²) in [6.07, 6.45) is 6.82. The highest BCUT2D eigenvalue weighted by molar-refractivity contribution is 6.34. The number of allylic oxidation sites excluding steroid dienone is 1. The Hall–Kier alpha value is -4.77. The van der Waals surface area contributed by atoms with Gasteiger partial charge in [-0.05, 0) is 36.1 Å². The smallest absolute Gasteiger partial charge is 0.306 e. The molecule has 4 aliphatic rings. The van der Waals surface area contributed by atoms with Gasteiger partial charge in [0.1, 0.15) is 18.2 Å². The van der Waals surface area contributed by atoms with Crippen LogP contribution < -0.4 is 10.2 Å². The Morgan fingerprint density at radius 1 is 0.920 bits per heavy atom. The van der Waals surface area contributed by atoms with Crippen LogP contribution in [0.4, 0.5) is 5.69 Å². The SMILES string of the molecule is O=C1CC/C=C\[C@@H]2O[C@@]34C=CCN(c5ccccc5Cl)C(=O)[C@@H]3N([C@@H](CO)Cc3ccccc3)C(=O)[C@H]4[C@@H]2C(=O)N[C@@H](c2ccccc2)CO1. The molecule has 2 saturated heterocycles. The monoisotopic (exact) mass is 695 g/mol. The third kappa shape index (κ3) is 6.12. The fraction of sp³-hybridized carbons (Fsp3) is 0.333. The van der Waals surface area contributed by atoms with Crippen LogP contribution >= 0.6 is 11.6 Å². The zero-order valence-corrected chi connectivity index (χ0v) is 28.0. The summed E-state index contributed by atoms with van der Waals surface area (Å²) < 4.78 is 12.4. The van der Waals surface area contributed by atoms with Crippen LogP contribution in [0, 0.1) is 11.8 Å². The Labute approximate surface area is 295 Å². The number of nitrogens with zero attached hydrogens (tertiary/aromatic N) is 2. The lowest BCUT2D eigenvalue weighted by Gasteiger charge is -2.38. The first-order valence-electron chi connectivity index (χ1n) is 16.9. The number of hydrogen-bond donors (Lipinski definition) is 2. The molecule has 2 N–H and O–H groups in total. The number of amides is 3. The van der Waals surface area contributed by atoms with E-state index < -0.39 is 72.0 Å². The number of benzene rings is 3. The Bertz CT molecular complexity index is 1820. The summed E-state index contributed by atoms with van der Waals surface area (Å²) in [6, 6.07) is 22.9. The largest absolute Gasteiger partial charge is 0.463 e. The molecule has 7 atom stereocenters. The second-order valence-corrected chi connectivity index (χ2v) is 13.4. The van der Waals surface area contributed by atoms with Gasteiger partial charge in [-0.25, -0.2) is 0 Å². The number of likely N-dealkylation sites (tertiary alicyclic amines) is 1. The van der Waals surface area contributed by atoms with E-state index in [2.05, 4.69) is 5.32 Å². The summed E-state index contributed by atoms with van der Waals surface area (Å²) in [5.41, 5.74) is 0.514. The average molecular weight is 696 g/mol. The van der Waals surface area contributed by atoms with Gasteiger partial charge < -0.3 is 29.7 Å². The molecule has 7 rings (SSSR count). The van der Waals surface area contributed by atoms with Gasteiger partial charge in [0.15, 0.2) is 0 Å². The molecule has 10 nitrogen and oxygen atoms in total. The molecule has 0 radical (unpaired) electrons. The summed E-state index contributed by atoms with van der Waals surface area (Å²) in [5.74, 6) is -3.94. The molecular weight excluding hydrogens is 658 g/mol. The van der Waals surface area contributed by atoms with E-state index in [1.54, 1.807) is 48.6 Å². The number of hydrogen-bond acceptors (Lipinski definition) is 7. The van der Waals surface area contributed by atoms with Gasteiger partial charge in [0.25, 0.3) is 5.91 Å². The van der Waals surface area contributed by atoms with Gasteiger partial charge in [0.05, 0.1) is 47.3 Å². The van der Waals surface area contributed by atoms with Crippen molar-refractivity contribution < 1.29 is 33.8 Å². The third-order valence-electron chi connectivity index (χ3n) is 10.1. The minimum Gasteiger partial charge on any atom is -0.463 e. The minimum atomic E-state index is -1.56. The summed E-state index contributed by atoms with van der Waals surface area (Å²) in [5, 5.41) is 14.3. The van der Waals surface area contributed by atoms with Gasteiger partial charge in [0.2, 0.25) is 11.8 Å². The van der Waals surface area contributed by atoms with Gasteiger partial charge in [-0.2, -0.15) is 0 Å². The van der Waals surface area contributed by atoms with E-state index in [9.17, 15) is 19.5 Å². The van der Waals surface area contributed by atoms with Crippen LogP contribution in [0.5, 0.6) is 0 Å². The van der Waals surface area contributed by atoms with Crippen molar-refractivity contribution >= 4 is 41.0 Å². The molecule has 3 aromatic carbocycles. The normalized spacial score (nSPS) is 29.4. The number of halogens is 1. The molecule has 0 unspecified atom stereocenters. The Balaban J connectivity index is 1.34. The van der Waals surface area contributed by atoms with E-state index >= 15 is 4.79 Å². The number of aliphatic hydroxyl groups excluding tert-OH is 1. The summed E-state index contributed by atoms with van der Waals surface area (Å²) in [7, 11) is 0. The number of anilines is 1. The summed E-state index contributed by atoms with van der Waals surface area (Å²) in [4.78, 5) is 60.0. The number of aliphatic hydroxyl groups is 1. The Kier molecular flexibility index (Phi) is 9.59. The van der Waals surface area contributed by atoms with Crippen LogP contribution in [0.25, 0.3) is 0 Å². The average Bonchev–Trinajstić information content (AvgIpc) is 3.52. The molecule has 4 heterocycles. The molecule has 0 aliphatic carbocycles. The first-order valence-corrected chi connectivity index (χ1v) is 17.3.